The summed E-state index contributed by atoms with van der Waals surface area (Å²) in [7, 11) is 1.45. The number of ether oxygens (including phenoxy) is 2. The summed E-state index contributed by atoms with van der Waals surface area (Å²) in [5.74, 6) is -0.165. The van der Waals surface area contributed by atoms with Crippen LogP contribution in [0, 0.1) is 0 Å². The highest BCUT2D eigenvalue weighted by Crippen LogP contribution is 2.17. The maximum absolute atomic E-state index is 11.9. The molecule has 0 aliphatic carbocycles. The summed E-state index contributed by atoms with van der Waals surface area (Å²) in [5, 5.41) is 3.26. The molecule has 2 unspecified atom stereocenters. The monoisotopic (exact) mass is 300 g/mol. The molecule has 1 fully saturated rings. The van der Waals surface area contributed by atoms with Crippen molar-refractivity contribution < 1.29 is 14.3 Å². The van der Waals surface area contributed by atoms with Crippen molar-refractivity contribution in [3.63, 3.8) is 0 Å². The largest absolute Gasteiger partial charge is 0.468 e. The van der Waals surface area contributed by atoms with Gasteiger partial charge in [0.25, 0.3) is 0 Å². The Kier molecular flexibility index (Phi) is 8.22. The molecule has 1 aliphatic rings. The molecule has 0 saturated carbocycles. The van der Waals surface area contributed by atoms with Gasteiger partial charge in [-0.25, -0.2) is 0 Å². The summed E-state index contributed by atoms with van der Waals surface area (Å²) >= 11 is 0. The molecule has 124 valence electrons. The number of hydrogen-bond acceptors (Lipinski definition) is 5. The number of carbonyl (C=O) groups is 1. The van der Waals surface area contributed by atoms with Crippen molar-refractivity contribution in [3.8, 4) is 0 Å². The van der Waals surface area contributed by atoms with Gasteiger partial charge in [-0.2, -0.15) is 0 Å². The minimum absolute atomic E-state index is 0.165. The van der Waals surface area contributed by atoms with Crippen molar-refractivity contribution in [2.24, 2.45) is 0 Å². The third-order valence-electron chi connectivity index (χ3n) is 4.28. The predicted molar refractivity (Wildman–Crippen MR) is 84.4 cm³/mol. The van der Waals surface area contributed by atoms with Crippen LogP contribution >= 0.6 is 0 Å². The summed E-state index contributed by atoms with van der Waals surface area (Å²) in [4.78, 5) is 14.4. The van der Waals surface area contributed by atoms with Crippen LogP contribution in [0.15, 0.2) is 0 Å². The van der Waals surface area contributed by atoms with E-state index in [2.05, 4.69) is 17.1 Å². The molecule has 1 rings (SSSR count). The van der Waals surface area contributed by atoms with Crippen LogP contribution in [0.4, 0.5) is 0 Å². The molecule has 1 saturated heterocycles. The van der Waals surface area contributed by atoms with Gasteiger partial charge in [-0.05, 0) is 45.7 Å². The first-order chi connectivity index (χ1) is 10.1. The van der Waals surface area contributed by atoms with Crippen LogP contribution in [-0.2, 0) is 14.3 Å². The summed E-state index contributed by atoms with van der Waals surface area (Å²) in [6.45, 7) is 10.9. The van der Waals surface area contributed by atoms with Crippen LogP contribution in [0.25, 0.3) is 0 Å². The number of esters is 1. The van der Waals surface area contributed by atoms with Gasteiger partial charge in [-0.15, -0.1) is 0 Å². The molecule has 5 nitrogen and oxygen atoms in total. The molecule has 0 aromatic rings. The fraction of sp³-hybridized carbons (Fsp3) is 0.938. The number of unbranched alkanes of at least 4 members (excludes halogenated alkanes) is 1. The Bertz CT molecular complexity index is 312. The lowest BCUT2D eigenvalue weighted by molar-refractivity contribution is -0.148. The van der Waals surface area contributed by atoms with Crippen LogP contribution in [-0.4, -0.2) is 62.4 Å². The second-order valence-electron chi connectivity index (χ2n) is 6.01. The lowest BCUT2D eigenvalue weighted by atomic mass is 9.94. The molecule has 1 N–H and O–H groups in total. The average Bonchev–Trinajstić information content (AvgIpc) is 2.51. The Morgan fingerprint density at radius 2 is 2.19 bits per heavy atom. The molecule has 21 heavy (non-hydrogen) atoms. The van der Waals surface area contributed by atoms with E-state index in [-0.39, 0.29) is 5.97 Å². The van der Waals surface area contributed by atoms with E-state index >= 15 is 0 Å². The summed E-state index contributed by atoms with van der Waals surface area (Å²) in [5.41, 5.74) is -0.555. The van der Waals surface area contributed by atoms with Gasteiger partial charge < -0.3 is 14.8 Å². The minimum atomic E-state index is -0.555. The summed E-state index contributed by atoms with van der Waals surface area (Å²) in [6.07, 6.45) is 4.41. The van der Waals surface area contributed by atoms with E-state index in [9.17, 15) is 4.79 Å². The fourth-order valence-electron chi connectivity index (χ4n) is 2.92. The number of likely N-dealkylation sites (N-methyl/N-ethyl adjacent to an activating group) is 1. The molecule has 2 atom stereocenters. The van der Waals surface area contributed by atoms with Gasteiger partial charge in [0.1, 0.15) is 5.54 Å². The van der Waals surface area contributed by atoms with E-state index < -0.39 is 5.54 Å². The van der Waals surface area contributed by atoms with Gasteiger partial charge in [0.2, 0.25) is 0 Å². The normalized spacial score (nSPS) is 22.8. The number of hydrogen-bond donors (Lipinski definition) is 1. The quantitative estimate of drug-likeness (QED) is 0.520. The fourth-order valence-corrected chi connectivity index (χ4v) is 2.92. The van der Waals surface area contributed by atoms with E-state index in [0.717, 1.165) is 58.5 Å². The zero-order chi connectivity index (χ0) is 15.7. The summed E-state index contributed by atoms with van der Waals surface area (Å²) < 4.78 is 10.6. The van der Waals surface area contributed by atoms with Gasteiger partial charge in [0.05, 0.1) is 19.8 Å². The van der Waals surface area contributed by atoms with Crippen molar-refractivity contribution in [1.29, 1.82) is 0 Å². The highest BCUT2D eigenvalue weighted by molar-refractivity contribution is 5.80. The Labute approximate surface area is 129 Å². The van der Waals surface area contributed by atoms with Gasteiger partial charge in [0.15, 0.2) is 0 Å². The number of morpholine rings is 1. The Balaban J connectivity index is 2.29. The zero-order valence-corrected chi connectivity index (χ0v) is 14.1. The predicted octanol–water partition coefficient (Wildman–Crippen LogP) is 1.81. The van der Waals surface area contributed by atoms with E-state index in [1.165, 1.54) is 7.11 Å². The summed E-state index contributed by atoms with van der Waals surface area (Å²) in [6, 6.07) is 0. The first-order valence-electron chi connectivity index (χ1n) is 8.23. The molecular formula is C16H32N2O3. The molecular weight excluding hydrogens is 268 g/mol. The van der Waals surface area contributed by atoms with Crippen molar-refractivity contribution >= 4 is 5.97 Å². The van der Waals surface area contributed by atoms with Gasteiger partial charge in [-0.3, -0.25) is 9.69 Å². The van der Waals surface area contributed by atoms with Crippen molar-refractivity contribution in [3.05, 3.63) is 0 Å². The number of carbonyl (C=O) groups excluding carboxylic acids is 1. The second-order valence-corrected chi connectivity index (χ2v) is 6.01. The number of nitrogens with one attached hydrogen (secondary N) is 1. The molecule has 0 aromatic carbocycles. The van der Waals surface area contributed by atoms with Crippen molar-refractivity contribution in [2.45, 2.75) is 58.1 Å². The van der Waals surface area contributed by atoms with Crippen molar-refractivity contribution in [1.82, 2.24) is 10.2 Å². The maximum atomic E-state index is 11.9. The maximum Gasteiger partial charge on any atom is 0.325 e. The minimum Gasteiger partial charge on any atom is -0.468 e. The third-order valence-corrected chi connectivity index (χ3v) is 4.28. The highest BCUT2D eigenvalue weighted by atomic mass is 16.5. The molecule has 0 amide bonds. The van der Waals surface area contributed by atoms with Crippen LogP contribution in [0.2, 0.25) is 0 Å². The second kappa shape index (κ2) is 9.38. The number of rotatable bonds is 9. The van der Waals surface area contributed by atoms with Crippen LogP contribution in [0.3, 0.4) is 0 Å². The van der Waals surface area contributed by atoms with E-state index in [1.807, 2.05) is 13.8 Å². The van der Waals surface area contributed by atoms with Gasteiger partial charge >= 0.3 is 5.97 Å². The third kappa shape index (κ3) is 5.93. The van der Waals surface area contributed by atoms with E-state index in [0.29, 0.717) is 6.10 Å². The van der Waals surface area contributed by atoms with Crippen molar-refractivity contribution in [2.75, 3.05) is 39.9 Å². The van der Waals surface area contributed by atoms with Gasteiger partial charge in [0, 0.05) is 13.1 Å². The first-order valence-corrected chi connectivity index (χ1v) is 8.23. The van der Waals surface area contributed by atoms with Crippen LogP contribution in [0.1, 0.15) is 46.5 Å². The molecule has 1 aliphatic heterocycles. The Morgan fingerprint density at radius 1 is 1.43 bits per heavy atom. The Hall–Kier alpha value is -0.650. The standard InChI is InChI=1S/C16H32N2O3/c1-5-14-13-18(11-12-21-14)10-8-7-9-16(3,17-6-2)15(19)20-4/h14,17H,5-13H2,1-4H3. The Morgan fingerprint density at radius 3 is 2.81 bits per heavy atom. The number of methoxy groups -OCH3 is 1. The molecule has 5 heteroatoms. The first kappa shape index (κ1) is 18.4. The average molecular weight is 300 g/mol. The topological polar surface area (TPSA) is 50.8 Å². The SMILES string of the molecule is CCNC(C)(CCCCN1CCOC(CC)C1)C(=O)OC. The molecule has 0 radical (unpaired) electrons. The van der Waals surface area contributed by atoms with E-state index in [1.54, 1.807) is 0 Å². The molecule has 0 spiro atoms. The molecule has 0 bridgehead atoms. The van der Waals surface area contributed by atoms with Crippen LogP contribution in [0.5, 0.6) is 0 Å². The van der Waals surface area contributed by atoms with Crippen LogP contribution < -0.4 is 5.32 Å². The lowest BCUT2D eigenvalue weighted by Gasteiger charge is -2.33. The number of nitrogens with zero attached hydrogens (tertiary/aromatic N) is 1. The van der Waals surface area contributed by atoms with Gasteiger partial charge in [-0.1, -0.05) is 13.8 Å². The molecule has 0 aromatic heterocycles. The molecule has 1 heterocycles. The van der Waals surface area contributed by atoms with E-state index in [4.69, 9.17) is 9.47 Å². The zero-order valence-electron chi connectivity index (χ0n) is 14.1. The smallest absolute Gasteiger partial charge is 0.325 e. The highest BCUT2D eigenvalue weighted by Gasteiger charge is 2.32. The lowest BCUT2D eigenvalue weighted by Crippen LogP contribution is -2.50.